The fourth-order valence-electron chi connectivity index (χ4n) is 3.35. The van der Waals surface area contributed by atoms with E-state index in [2.05, 4.69) is 21.9 Å². The first-order valence-corrected chi connectivity index (χ1v) is 6.81. The smallest absolute Gasteiger partial charge is 0.254 e. The van der Waals surface area contributed by atoms with Gasteiger partial charge >= 0.3 is 0 Å². The number of aromatic nitrogens is 2. The van der Waals surface area contributed by atoms with Gasteiger partial charge in [0.1, 0.15) is 11.0 Å². The Kier molecular flexibility index (Phi) is 2.38. The molecule has 0 aliphatic carbocycles. The average molecular weight is 273 g/mol. The number of morpholine rings is 1. The summed E-state index contributed by atoms with van der Waals surface area (Å²) in [5.74, 6) is 0.0446. The number of fused-ring (bicyclic) bond motifs is 3. The third-order valence-electron chi connectivity index (χ3n) is 4.41. The quantitative estimate of drug-likeness (QED) is 0.789. The highest BCUT2D eigenvalue weighted by atomic mass is 16.6. The molecule has 0 saturated carbocycles. The first kappa shape index (κ1) is 11.8. The number of carbonyl (C=O) groups is 1. The number of rotatable bonds is 1. The lowest BCUT2D eigenvalue weighted by molar-refractivity contribution is -0.0445. The molecule has 2 aliphatic rings. The topological polar surface area (TPSA) is 68.5 Å². The van der Waals surface area contributed by atoms with Gasteiger partial charge in [-0.15, -0.1) is 0 Å². The molecular formula is C14H15N3O3. The van der Waals surface area contributed by atoms with Gasteiger partial charge in [-0.05, 0) is 48.3 Å². The van der Waals surface area contributed by atoms with Crippen LogP contribution in [-0.2, 0) is 4.74 Å². The zero-order chi connectivity index (χ0) is 13.7. The van der Waals surface area contributed by atoms with Gasteiger partial charge in [-0.3, -0.25) is 4.79 Å². The summed E-state index contributed by atoms with van der Waals surface area (Å²) in [5.41, 5.74) is 1.73. The number of benzene rings is 1. The summed E-state index contributed by atoms with van der Waals surface area (Å²) in [5, 5.41) is 7.55. The Balaban J connectivity index is 1.72. The number of hydrogen-bond donors (Lipinski definition) is 0. The van der Waals surface area contributed by atoms with Crippen LogP contribution >= 0.6 is 0 Å². The SMILES string of the molecule is CC12CCC(COC1)N2C(=O)c1ccc2nonc2c1. The molecule has 6 nitrogen and oxygen atoms in total. The Bertz CT molecular complexity index is 679. The summed E-state index contributed by atoms with van der Waals surface area (Å²) in [7, 11) is 0. The molecule has 0 radical (unpaired) electrons. The van der Waals surface area contributed by atoms with Crippen molar-refractivity contribution in [1.82, 2.24) is 15.2 Å². The zero-order valence-corrected chi connectivity index (χ0v) is 11.2. The average Bonchev–Trinajstić information content (AvgIpc) is 2.98. The molecule has 20 heavy (non-hydrogen) atoms. The maximum atomic E-state index is 12.8. The molecule has 2 aromatic rings. The molecule has 2 fully saturated rings. The Hall–Kier alpha value is -1.95. The predicted molar refractivity (Wildman–Crippen MR) is 70.2 cm³/mol. The first-order chi connectivity index (χ1) is 9.67. The highest BCUT2D eigenvalue weighted by Gasteiger charge is 2.49. The second kappa shape index (κ2) is 4.02. The van der Waals surface area contributed by atoms with Crippen LogP contribution in [0.4, 0.5) is 0 Å². The molecular weight excluding hydrogens is 258 g/mol. The van der Waals surface area contributed by atoms with Crippen molar-refractivity contribution < 1.29 is 14.2 Å². The predicted octanol–water partition coefficient (Wildman–Crippen LogP) is 1.62. The molecule has 0 spiro atoms. The Morgan fingerprint density at radius 3 is 3.10 bits per heavy atom. The van der Waals surface area contributed by atoms with Gasteiger partial charge < -0.3 is 9.64 Å². The van der Waals surface area contributed by atoms with Gasteiger partial charge in [0, 0.05) is 5.56 Å². The monoisotopic (exact) mass is 273 g/mol. The van der Waals surface area contributed by atoms with Crippen LogP contribution in [0.25, 0.3) is 11.0 Å². The van der Waals surface area contributed by atoms with Crippen LogP contribution in [0.1, 0.15) is 30.1 Å². The molecule has 2 bridgehead atoms. The number of nitrogens with zero attached hydrogens (tertiary/aromatic N) is 3. The fraction of sp³-hybridized carbons (Fsp3) is 0.500. The number of ether oxygens (including phenoxy) is 1. The van der Waals surface area contributed by atoms with Gasteiger partial charge in [0.15, 0.2) is 0 Å². The third-order valence-corrected chi connectivity index (χ3v) is 4.41. The van der Waals surface area contributed by atoms with Crippen LogP contribution in [0.2, 0.25) is 0 Å². The lowest BCUT2D eigenvalue weighted by Gasteiger charge is -2.42. The summed E-state index contributed by atoms with van der Waals surface area (Å²) in [6, 6.07) is 5.48. The van der Waals surface area contributed by atoms with Crippen molar-refractivity contribution in [3.8, 4) is 0 Å². The minimum Gasteiger partial charge on any atom is -0.377 e. The van der Waals surface area contributed by atoms with E-state index in [-0.39, 0.29) is 17.5 Å². The van der Waals surface area contributed by atoms with Gasteiger partial charge in [-0.1, -0.05) is 0 Å². The molecule has 2 atom stereocenters. The van der Waals surface area contributed by atoms with E-state index in [0.717, 1.165) is 12.8 Å². The number of amides is 1. The molecule has 1 aromatic carbocycles. The van der Waals surface area contributed by atoms with E-state index in [4.69, 9.17) is 4.74 Å². The molecule has 2 aliphatic heterocycles. The highest BCUT2D eigenvalue weighted by Crippen LogP contribution is 2.38. The van der Waals surface area contributed by atoms with Gasteiger partial charge in [-0.2, -0.15) is 0 Å². The van der Waals surface area contributed by atoms with E-state index in [0.29, 0.717) is 29.8 Å². The van der Waals surface area contributed by atoms with E-state index in [9.17, 15) is 4.79 Å². The van der Waals surface area contributed by atoms with Gasteiger partial charge in [0.2, 0.25) is 0 Å². The summed E-state index contributed by atoms with van der Waals surface area (Å²) in [6.07, 6.45) is 2.01. The first-order valence-electron chi connectivity index (χ1n) is 6.81. The van der Waals surface area contributed by atoms with Crippen LogP contribution in [0.5, 0.6) is 0 Å². The lowest BCUT2D eigenvalue weighted by atomic mass is 9.99. The molecule has 2 unspecified atom stereocenters. The second-order valence-corrected chi connectivity index (χ2v) is 5.85. The maximum absolute atomic E-state index is 12.8. The Labute approximate surface area is 115 Å². The largest absolute Gasteiger partial charge is 0.377 e. The summed E-state index contributed by atoms with van der Waals surface area (Å²) >= 11 is 0. The molecule has 4 rings (SSSR count). The standard InChI is InChI=1S/C14H15N3O3/c1-14-5-4-10(7-19-8-14)17(14)13(18)9-2-3-11-12(6-9)16-20-15-11/h2-3,6,10H,4-5,7-8H2,1H3. The molecule has 2 saturated heterocycles. The summed E-state index contributed by atoms with van der Waals surface area (Å²) in [4.78, 5) is 14.8. The van der Waals surface area contributed by atoms with Crippen molar-refractivity contribution in [3.05, 3.63) is 23.8 Å². The number of hydrogen-bond acceptors (Lipinski definition) is 5. The van der Waals surface area contributed by atoms with E-state index in [1.54, 1.807) is 18.2 Å². The number of carbonyl (C=O) groups excluding carboxylic acids is 1. The van der Waals surface area contributed by atoms with Crippen molar-refractivity contribution in [1.29, 1.82) is 0 Å². The third kappa shape index (κ3) is 1.57. The van der Waals surface area contributed by atoms with Gasteiger partial charge in [0.05, 0.1) is 24.8 Å². The van der Waals surface area contributed by atoms with E-state index < -0.39 is 0 Å². The minimum absolute atomic E-state index is 0.0446. The summed E-state index contributed by atoms with van der Waals surface area (Å²) in [6.45, 7) is 3.35. The van der Waals surface area contributed by atoms with Gasteiger partial charge in [0.25, 0.3) is 5.91 Å². The second-order valence-electron chi connectivity index (χ2n) is 5.85. The Morgan fingerprint density at radius 2 is 2.25 bits per heavy atom. The van der Waals surface area contributed by atoms with E-state index in [1.165, 1.54) is 0 Å². The highest BCUT2D eigenvalue weighted by molar-refractivity contribution is 5.98. The van der Waals surface area contributed by atoms with E-state index >= 15 is 0 Å². The van der Waals surface area contributed by atoms with Gasteiger partial charge in [-0.25, -0.2) is 4.63 Å². The Morgan fingerprint density at radius 1 is 1.40 bits per heavy atom. The van der Waals surface area contributed by atoms with Crippen molar-refractivity contribution in [2.75, 3.05) is 13.2 Å². The van der Waals surface area contributed by atoms with Crippen LogP contribution < -0.4 is 0 Å². The van der Waals surface area contributed by atoms with Crippen molar-refractivity contribution in [2.24, 2.45) is 0 Å². The van der Waals surface area contributed by atoms with Crippen molar-refractivity contribution in [3.63, 3.8) is 0 Å². The molecule has 1 amide bonds. The molecule has 3 heterocycles. The van der Waals surface area contributed by atoms with Crippen LogP contribution in [0.3, 0.4) is 0 Å². The summed E-state index contributed by atoms with van der Waals surface area (Å²) < 4.78 is 10.3. The zero-order valence-electron chi connectivity index (χ0n) is 11.2. The van der Waals surface area contributed by atoms with Crippen LogP contribution in [-0.4, -0.2) is 45.9 Å². The molecule has 6 heteroatoms. The van der Waals surface area contributed by atoms with Crippen molar-refractivity contribution >= 4 is 16.9 Å². The lowest BCUT2D eigenvalue weighted by Crippen LogP contribution is -2.56. The van der Waals surface area contributed by atoms with Crippen LogP contribution in [0.15, 0.2) is 22.8 Å². The normalized spacial score (nSPS) is 29.1. The molecule has 1 aromatic heterocycles. The molecule has 104 valence electrons. The van der Waals surface area contributed by atoms with E-state index in [1.807, 2.05) is 4.90 Å². The minimum atomic E-state index is -0.184. The maximum Gasteiger partial charge on any atom is 0.254 e. The fourth-order valence-corrected chi connectivity index (χ4v) is 3.35. The molecule has 0 N–H and O–H groups in total. The van der Waals surface area contributed by atoms with Crippen LogP contribution in [0, 0.1) is 0 Å². The van der Waals surface area contributed by atoms with Crippen molar-refractivity contribution in [2.45, 2.75) is 31.3 Å².